The number of hydrogen-bond acceptors (Lipinski definition) is 4. The minimum Gasteiger partial charge on any atom is -0.356 e. The summed E-state index contributed by atoms with van der Waals surface area (Å²) in [4.78, 5) is 24.9. The molecule has 0 saturated carbocycles. The summed E-state index contributed by atoms with van der Waals surface area (Å²) in [6, 6.07) is 14.3. The predicted molar refractivity (Wildman–Crippen MR) is 122 cm³/mol. The summed E-state index contributed by atoms with van der Waals surface area (Å²) < 4.78 is 0. The standard InChI is InChI=1S/C23H32N6O/c1-24-23(26-14-10-18-7-6-8-19(17-18)22(30)28(2)3)27-20-11-15-29(16-12-20)21-9-4-5-13-25-21/h4-9,13,17,20H,10-12,14-16H2,1-3H3,(H2,24,26,27). The number of hydrogen-bond donors (Lipinski definition) is 2. The number of rotatable bonds is 6. The fraction of sp³-hybridized carbons (Fsp3) is 0.435. The number of piperidine rings is 1. The van der Waals surface area contributed by atoms with Gasteiger partial charge in [0.05, 0.1) is 0 Å². The summed E-state index contributed by atoms with van der Waals surface area (Å²) in [7, 11) is 5.34. The molecule has 0 atom stereocenters. The molecule has 160 valence electrons. The Balaban J connectivity index is 1.44. The van der Waals surface area contributed by atoms with Crippen molar-refractivity contribution in [3.63, 3.8) is 0 Å². The number of nitrogens with zero attached hydrogens (tertiary/aromatic N) is 4. The maximum Gasteiger partial charge on any atom is 0.253 e. The number of aromatic nitrogens is 1. The Morgan fingerprint density at radius 1 is 1.20 bits per heavy atom. The highest BCUT2D eigenvalue weighted by Gasteiger charge is 2.20. The van der Waals surface area contributed by atoms with E-state index in [-0.39, 0.29) is 5.91 Å². The molecule has 1 fully saturated rings. The molecule has 1 amide bonds. The largest absolute Gasteiger partial charge is 0.356 e. The Morgan fingerprint density at radius 2 is 2.00 bits per heavy atom. The molecule has 1 aliphatic heterocycles. The van der Waals surface area contributed by atoms with E-state index in [0.717, 1.165) is 61.8 Å². The molecule has 1 aromatic heterocycles. The van der Waals surface area contributed by atoms with Crippen molar-refractivity contribution in [2.75, 3.05) is 45.7 Å². The van der Waals surface area contributed by atoms with Crippen molar-refractivity contribution in [2.24, 2.45) is 4.99 Å². The van der Waals surface area contributed by atoms with Crippen molar-refractivity contribution in [3.8, 4) is 0 Å². The number of carbonyl (C=O) groups is 1. The third-order valence-electron chi connectivity index (χ3n) is 5.32. The summed E-state index contributed by atoms with van der Waals surface area (Å²) in [5, 5.41) is 6.94. The van der Waals surface area contributed by atoms with Gasteiger partial charge < -0.3 is 20.4 Å². The lowest BCUT2D eigenvalue weighted by Gasteiger charge is -2.33. The van der Waals surface area contributed by atoms with Crippen LogP contribution in [0.5, 0.6) is 0 Å². The van der Waals surface area contributed by atoms with Crippen LogP contribution in [0.3, 0.4) is 0 Å². The van der Waals surface area contributed by atoms with Gasteiger partial charge in [-0.1, -0.05) is 18.2 Å². The van der Waals surface area contributed by atoms with Crippen molar-refractivity contribution >= 4 is 17.7 Å². The second-order valence-corrected chi connectivity index (χ2v) is 7.74. The lowest BCUT2D eigenvalue weighted by molar-refractivity contribution is 0.0827. The highest BCUT2D eigenvalue weighted by atomic mass is 16.2. The molecule has 0 bridgehead atoms. The molecule has 7 nitrogen and oxygen atoms in total. The molecular weight excluding hydrogens is 376 g/mol. The molecule has 30 heavy (non-hydrogen) atoms. The number of aliphatic imine (C=N–C) groups is 1. The number of nitrogens with one attached hydrogen (secondary N) is 2. The number of benzene rings is 1. The first-order valence-electron chi connectivity index (χ1n) is 10.5. The number of anilines is 1. The molecule has 0 spiro atoms. The average Bonchev–Trinajstić information content (AvgIpc) is 2.79. The van der Waals surface area contributed by atoms with Crippen LogP contribution < -0.4 is 15.5 Å². The van der Waals surface area contributed by atoms with Gasteiger partial charge in [0.25, 0.3) is 5.91 Å². The van der Waals surface area contributed by atoms with Gasteiger partial charge >= 0.3 is 0 Å². The first kappa shape index (κ1) is 21.6. The molecule has 2 N–H and O–H groups in total. The van der Waals surface area contributed by atoms with E-state index in [9.17, 15) is 4.79 Å². The van der Waals surface area contributed by atoms with Crippen LogP contribution in [-0.4, -0.2) is 68.6 Å². The van der Waals surface area contributed by atoms with E-state index in [4.69, 9.17) is 0 Å². The van der Waals surface area contributed by atoms with Crippen molar-refractivity contribution in [1.82, 2.24) is 20.5 Å². The molecule has 0 radical (unpaired) electrons. The van der Waals surface area contributed by atoms with Crippen LogP contribution in [-0.2, 0) is 6.42 Å². The molecule has 0 aliphatic carbocycles. The van der Waals surface area contributed by atoms with Crippen LogP contribution in [0.4, 0.5) is 5.82 Å². The lowest BCUT2D eigenvalue weighted by atomic mass is 10.1. The van der Waals surface area contributed by atoms with Crippen molar-refractivity contribution < 1.29 is 4.79 Å². The summed E-state index contributed by atoms with van der Waals surface area (Å²) in [6.07, 6.45) is 4.77. The zero-order valence-electron chi connectivity index (χ0n) is 18.1. The molecular formula is C23H32N6O. The zero-order valence-corrected chi connectivity index (χ0v) is 18.1. The van der Waals surface area contributed by atoms with Gasteiger partial charge in [-0.25, -0.2) is 4.98 Å². The van der Waals surface area contributed by atoms with E-state index >= 15 is 0 Å². The quantitative estimate of drug-likeness (QED) is 0.566. The third kappa shape index (κ3) is 5.95. The summed E-state index contributed by atoms with van der Waals surface area (Å²) in [5.41, 5.74) is 1.86. The Bertz CT molecular complexity index is 844. The molecule has 1 saturated heterocycles. The molecule has 3 rings (SSSR count). The second-order valence-electron chi connectivity index (χ2n) is 7.74. The predicted octanol–water partition coefficient (Wildman–Crippen LogP) is 2.16. The molecule has 7 heteroatoms. The number of guanidine groups is 1. The number of amides is 1. The zero-order chi connectivity index (χ0) is 21.3. The first-order valence-corrected chi connectivity index (χ1v) is 10.5. The highest BCUT2D eigenvalue weighted by Crippen LogP contribution is 2.17. The van der Waals surface area contributed by atoms with Crippen LogP contribution >= 0.6 is 0 Å². The first-order chi connectivity index (χ1) is 14.6. The van der Waals surface area contributed by atoms with Gasteiger partial charge in [0.2, 0.25) is 0 Å². The van der Waals surface area contributed by atoms with Gasteiger partial charge in [0.15, 0.2) is 5.96 Å². The molecule has 2 heterocycles. The number of carbonyl (C=O) groups excluding carboxylic acids is 1. The van der Waals surface area contributed by atoms with Crippen LogP contribution in [0.2, 0.25) is 0 Å². The third-order valence-corrected chi connectivity index (χ3v) is 5.32. The van der Waals surface area contributed by atoms with E-state index in [1.807, 2.05) is 36.5 Å². The van der Waals surface area contributed by atoms with E-state index in [0.29, 0.717) is 6.04 Å². The molecule has 2 aromatic rings. The highest BCUT2D eigenvalue weighted by molar-refractivity contribution is 5.94. The van der Waals surface area contributed by atoms with E-state index in [1.54, 1.807) is 26.0 Å². The van der Waals surface area contributed by atoms with Gasteiger partial charge in [-0.15, -0.1) is 0 Å². The lowest BCUT2D eigenvalue weighted by Crippen LogP contribution is -2.49. The van der Waals surface area contributed by atoms with Gasteiger partial charge in [0, 0.05) is 58.6 Å². The van der Waals surface area contributed by atoms with E-state index < -0.39 is 0 Å². The monoisotopic (exact) mass is 408 g/mol. The van der Waals surface area contributed by atoms with Crippen molar-refractivity contribution in [2.45, 2.75) is 25.3 Å². The van der Waals surface area contributed by atoms with E-state index in [1.165, 1.54) is 0 Å². The Hall–Kier alpha value is -3.09. The Labute approximate surface area is 179 Å². The fourth-order valence-corrected chi connectivity index (χ4v) is 3.63. The smallest absolute Gasteiger partial charge is 0.253 e. The van der Waals surface area contributed by atoms with Gasteiger partial charge in [0.1, 0.15) is 5.82 Å². The van der Waals surface area contributed by atoms with Crippen LogP contribution in [0, 0.1) is 0 Å². The fourth-order valence-electron chi connectivity index (χ4n) is 3.63. The summed E-state index contributed by atoms with van der Waals surface area (Å²) in [5.74, 6) is 1.90. The summed E-state index contributed by atoms with van der Waals surface area (Å²) >= 11 is 0. The minimum atomic E-state index is 0.0272. The van der Waals surface area contributed by atoms with Crippen molar-refractivity contribution in [1.29, 1.82) is 0 Å². The normalized spacial score (nSPS) is 15.0. The van der Waals surface area contributed by atoms with Crippen LogP contribution in [0.1, 0.15) is 28.8 Å². The molecule has 0 unspecified atom stereocenters. The maximum absolute atomic E-state index is 12.1. The SMILES string of the molecule is CN=C(NCCc1cccc(C(=O)N(C)C)c1)NC1CCN(c2ccccn2)CC1. The molecule has 1 aliphatic rings. The van der Waals surface area contributed by atoms with Crippen molar-refractivity contribution in [3.05, 3.63) is 59.8 Å². The minimum absolute atomic E-state index is 0.0272. The van der Waals surface area contributed by atoms with E-state index in [2.05, 4.69) is 37.6 Å². The Morgan fingerprint density at radius 3 is 2.67 bits per heavy atom. The maximum atomic E-state index is 12.1. The van der Waals surface area contributed by atoms with Crippen LogP contribution in [0.15, 0.2) is 53.7 Å². The topological polar surface area (TPSA) is 72.9 Å². The number of pyridine rings is 1. The van der Waals surface area contributed by atoms with Gasteiger partial charge in [-0.05, 0) is 49.1 Å². The van der Waals surface area contributed by atoms with Gasteiger partial charge in [-0.2, -0.15) is 0 Å². The molecule has 1 aromatic carbocycles. The van der Waals surface area contributed by atoms with Crippen LogP contribution in [0.25, 0.3) is 0 Å². The second kappa shape index (κ2) is 10.6. The van der Waals surface area contributed by atoms with Gasteiger partial charge in [-0.3, -0.25) is 9.79 Å². The average molecular weight is 409 g/mol. The summed E-state index contributed by atoms with van der Waals surface area (Å²) in [6.45, 7) is 2.73. The Kier molecular flexibility index (Phi) is 7.65.